The van der Waals surface area contributed by atoms with Gasteiger partial charge in [-0.25, -0.2) is 0 Å². The van der Waals surface area contributed by atoms with Crippen molar-refractivity contribution in [2.24, 2.45) is 4.99 Å². The number of nitrogens with zero attached hydrogens (tertiary/aromatic N) is 1. The molecule has 5 nitrogen and oxygen atoms in total. The molecule has 0 N–H and O–H groups in total. The summed E-state index contributed by atoms with van der Waals surface area (Å²) in [7, 11) is 6.96. The number of benzene rings is 2. The van der Waals surface area contributed by atoms with E-state index in [1.807, 2.05) is 30.5 Å². The molecule has 0 radical (unpaired) electrons. The van der Waals surface area contributed by atoms with Gasteiger partial charge in [0.1, 0.15) is 5.75 Å². The molecule has 0 bridgehead atoms. The van der Waals surface area contributed by atoms with Gasteiger partial charge < -0.3 is 18.9 Å². The fourth-order valence-corrected chi connectivity index (χ4v) is 3.50. The average Bonchev–Trinajstić information content (AvgIpc) is 2.61. The van der Waals surface area contributed by atoms with Crippen LogP contribution in [0.15, 0.2) is 41.4 Å². The quantitative estimate of drug-likeness (QED) is 0.418. The zero-order valence-corrected chi connectivity index (χ0v) is 15.3. The first-order chi connectivity index (χ1) is 11.7. The van der Waals surface area contributed by atoms with Crippen LogP contribution in [0.4, 0.5) is 0 Å². The van der Waals surface area contributed by atoms with Crippen molar-refractivity contribution in [1.82, 2.24) is 0 Å². The van der Waals surface area contributed by atoms with E-state index < -0.39 is 0 Å². The lowest BCUT2D eigenvalue weighted by molar-refractivity contribution is 0.0499. The number of hydrogen-bond acceptors (Lipinski definition) is 5. The Morgan fingerprint density at radius 1 is 1.04 bits per heavy atom. The summed E-state index contributed by atoms with van der Waals surface area (Å²) in [5, 5.41) is 2.15. The minimum Gasteiger partial charge on any atom is -0.497 e. The first-order valence-electron chi connectivity index (χ1n) is 7.39. The van der Waals surface area contributed by atoms with Gasteiger partial charge in [-0.15, -0.1) is 0 Å². The topological polar surface area (TPSA) is 49.3 Å². The molecule has 0 spiro atoms. The monoisotopic (exact) mass is 347 g/mol. The molecule has 0 saturated carbocycles. The summed E-state index contributed by atoms with van der Waals surface area (Å²) in [5.41, 5.74) is 1.08. The minimum absolute atomic E-state index is 0.151. The van der Waals surface area contributed by atoms with E-state index in [4.69, 9.17) is 18.9 Å². The zero-order chi connectivity index (χ0) is 17.4. The van der Waals surface area contributed by atoms with Crippen molar-refractivity contribution < 1.29 is 18.9 Å². The summed E-state index contributed by atoms with van der Waals surface area (Å²) in [6.07, 6.45) is 1.86. The van der Waals surface area contributed by atoms with Crippen LogP contribution in [0.5, 0.6) is 17.2 Å². The summed E-state index contributed by atoms with van der Waals surface area (Å²) in [4.78, 5) is 4.13. The van der Waals surface area contributed by atoms with E-state index in [1.165, 1.54) is 5.30 Å². The lowest BCUT2D eigenvalue weighted by atomic mass is 10.2. The molecule has 0 aliphatic heterocycles. The van der Waals surface area contributed by atoms with Gasteiger partial charge in [0.2, 0.25) is 0 Å². The summed E-state index contributed by atoms with van der Waals surface area (Å²) >= 11 is 0. The van der Waals surface area contributed by atoms with E-state index >= 15 is 0 Å². The summed E-state index contributed by atoms with van der Waals surface area (Å²) < 4.78 is 21.6. The normalized spacial score (nSPS) is 11.3. The Bertz CT molecular complexity index is 703. The van der Waals surface area contributed by atoms with Crippen molar-refractivity contribution in [1.29, 1.82) is 0 Å². The largest absolute Gasteiger partial charge is 0.497 e. The Morgan fingerprint density at radius 3 is 2.50 bits per heavy atom. The Labute approximate surface area is 144 Å². The maximum absolute atomic E-state index is 5.75. The molecule has 0 saturated heterocycles. The van der Waals surface area contributed by atoms with Crippen LogP contribution in [0.2, 0.25) is 0 Å². The van der Waals surface area contributed by atoms with E-state index in [0.717, 1.165) is 16.6 Å². The van der Waals surface area contributed by atoms with Crippen molar-refractivity contribution >= 4 is 25.4 Å². The molecule has 2 rings (SSSR count). The van der Waals surface area contributed by atoms with Crippen LogP contribution in [0.25, 0.3) is 0 Å². The van der Waals surface area contributed by atoms with E-state index in [2.05, 4.69) is 11.1 Å². The second kappa shape index (κ2) is 9.26. The van der Waals surface area contributed by atoms with Crippen LogP contribution >= 0.6 is 8.58 Å². The predicted octanol–water partition coefficient (Wildman–Crippen LogP) is 2.36. The fraction of sp³-hybridized carbons (Fsp3) is 0.278. The molecule has 2 aromatic carbocycles. The van der Waals surface area contributed by atoms with Gasteiger partial charge in [-0.05, 0) is 16.9 Å². The molecule has 1 unspecified atom stereocenters. The fourth-order valence-electron chi connectivity index (χ4n) is 2.21. The van der Waals surface area contributed by atoms with E-state index in [-0.39, 0.29) is 6.79 Å². The predicted molar refractivity (Wildman–Crippen MR) is 99.6 cm³/mol. The lowest BCUT2D eigenvalue weighted by Gasteiger charge is -2.17. The van der Waals surface area contributed by atoms with Crippen LogP contribution in [0, 0.1) is 0 Å². The van der Waals surface area contributed by atoms with Crippen LogP contribution in [-0.4, -0.2) is 41.4 Å². The molecule has 0 aliphatic rings. The lowest BCUT2D eigenvalue weighted by Crippen LogP contribution is -2.14. The van der Waals surface area contributed by atoms with Gasteiger partial charge in [-0.3, -0.25) is 4.99 Å². The van der Waals surface area contributed by atoms with Gasteiger partial charge in [0.05, 0.1) is 14.2 Å². The Hall–Kier alpha value is -2.10. The van der Waals surface area contributed by atoms with Gasteiger partial charge in [-0.1, -0.05) is 32.8 Å². The number of hydrogen-bond donors (Lipinski definition) is 0. The third-order valence-corrected chi connectivity index (χ3v) is 4.67. The highest BCUT2D eigenvalue weighted by Gasteiger charge is 2.15. The van der Waals surface area contributed by atoms with E-state index in [1.54, 1.807) is 34.4 Å². The SMILES string of the molecule is CN=Cc1ccccc1Pc1cc(OC)cc(OC)c1OCOC. The molecule has 2 aromatic rings. The van der Waals surface area contributed by atoms with Crippen molar-refractivity contribution in [2.45, 2.75) is 0 Å². The molecule has 0 aliphatic carbocycles. The van der Waals surface area contributed by atoms with Crippen LogP contribution in [0.1, 0.15) is 5.56 Å². The van der Waals surface area contributed by atoms with Crippen LogP contribution in [-0.2, 0) is 4.74 Å². The van der Waals surface area contributed by atoms with Crippen molar-refractivity contribution in [2.75, 3.05) is 35.2 Å². The Balaban J connectivity index is 2.47. The van der Waals surface area contributed by atoms with Crippen molar-refractivity contribution in [3.05, 3.63) is 42.0 Å². The van der Waals surface area contributed by atoms with E-state index in [0.29, 0.717) is 20.1 Å². The molecule has 0 fully saturated rings. The molecule has 0 aromatic heterocycles. The second-order valence-corrected chi connectivity index (χ2v) is 6.18. The number of methoxy groups -OCH3 is 3. The zero-order valence-electron chi connectivity index (χ0n) is 14.3. The molecular formula is C18H22NO4P. The number of rotatable bonds is 8. The van der Waals surface area contributed by atoms with Crippen molar-refractivity contribution in [3.63, 3.8) is 0 Å². The van der Waals surface area contributed by atoms with Crippen LogP contribution < -0.4 is 24.8 Å². The smallest absolute Gasteiger partial charge is 0.188 e. The molecule has 128 valence electrons. The average molecular weight is 347 g/mol. The van der Waals surface area contributed by atoms with Gasteiger partial charge >= 0.3 is 0 Å². The molecule has 6 heteroatoms. The number of aliphatic imine (C=N–C) groups is 1. The minimum atomic E-state index is 0.151. The van der Waals surface area contributed by atoms with Gasteiger partial charge in [0, 0.05) is 31.7 Å². The van der Waals surface area contributed by atoms with Crippen LogP contribution in [0.3, 0.4) is 0 Å². The number of ether oxygens (including phenoxy) is 4. The second-order valence-electron chi connectivity index (χ2n) is 4.86. The standard InChI is InChI=1S/C18H22NO4P/c1-19-11-13-7-5-6-8-16(13)24-17-10-14(21-3)9-15(22-4)18(17)23-12-20-2/h5-11,24H,12H2,1-4H3. The van der Waals surface area contributed by atoms with Gasteiger partial charge in [0.15, 0.2) is 18.3 Å². The highest BCUT2D eigenvalue weighted by Crippen LogP contribution is 2.34. The summed E-state index contributed by atoms with van der Waals surface area (Å²) in [5.74, 6) is 2.01. The first-order valence-corrected chi connectivity index (χ1v) is 8.39. The van der Waals surface area contributed by atoms with Crippen molar-refractivity contribution in [3.8, 4) is 17.2 Å². The summed E-state index contributed by atoms with van der Waals surface area (Å²) in [6, 6.07) is 11.9. The van der Waals surface area contributed by atoms with Gasteiger partial charge in [-0.2, -0.15) is 0 Å². The first kappa shape index (κ1) is 18.2. The molecular weight excluding hydrogens is 325 g/mol. The third-order valence-electron chi connectivity index (χ3n) is 3.30. The highest BCUT2D eigenvalue weighted by atomic mass is 31.1. The Kier molecular flexibility index (Phi) is 7.04. The third kappa shape index (κ3) is 4.47. The molecule has 0 amide bonds. The molecule has 24 heavy (non-hydrogen) atoms. The maximum atomic E-state index is 5.75. The Morgan fingerprint density at radius 2 is 1.83 bits per heavy atom. The van der Waals surface area contributed by atoms with Gasteiger partial charge in [0.25, 0.3) is 0 Å². The molecule has 1 atom stereocenters. The molecule has 0 heterocycles. The van der Waals surface area contributed by atoms with E-state index in [9.17, 15) is 0 Å². The summed E-state index contributed by atoms with van der Waals surface area (Å²) in [6.45, 7) is 0.151. The maximum Gasteiger partial charge on any atom is 0.188 e. The highest BCUT2D eigenvalue weighted by molar-refractivity contribution is 7.56.